The molecule has 2 rings (SSSR count). The minimum Gasteiger partial charge on any atom is -0.477 e. The molecular formula is C19H24N5O3. The Labute approximate surface area is 158 Å². The molecule has 1 heterocycles. The molecule has 1 aromatic heterocycles. The van der Waals surface area contributed by atoms with Crippen molar-refractivity contribution in [3.63, 3.8) is 0 Å². The van der Waals surface area contributed by atoms with Crippen molar-refractivity contribution in [3.8, 4) is 5.88 Å². The number of amides is 2. The number of aryl methyl sites for hydroxylation is 1. The van der Waals surface area contributed by atoms with Crippen LogP contribution in [-0.4, -0.2) is 34.9 Å². The second kappa shape index (κ2) is 9.51. The number of nitrogens with one attached hydrogen (secondary N) is 2. The Morgan fingerprint density at radius 2 is 2.04 bits per heavy atom. The first-order valence-corrected chi connectivity index (χ1v) is 8.73. The van der Waals surface area contributed by atoms with Crippen LogP contribution in [0.3, 0.4) is 0 Å². The molecule has 143 valence electrons. The molecule has 1 aromatic carbocycles. The Morgan fingerprint density at radius 3 is 2.67 bits per heavy atom. The van der Waals surface area contributed by atoms with Gasteiger partial charge < -0.3 is 21.1 Å². The molecule has 0 aliphatic carbocycles. The molecule has 0 saturated heterocycles. The van der Waals surface area contributed by atoms with Gasteiger partial charge in [0.1, 0.15) is 5.69 Å². The summed E-state index contributed by atoms with van der Waals surface area (Å²) in [6, 6.07) is 7.54. The first kappa shape index (κ1) is 20.2. The van der Waals surface area contributed by atoms with E-state index >= 15 is 0 Å². The van der Waals surface area contributed by atoms with Crippen LogP contribution in [0, 0.1) is 6.92 Å². The molecule has 0 atom stereocenters. The maximum atomic E-state index is 11.8. The van der Waals surface area contributed by atoms with Crippen LogP contribution in [0.15, 0.2) is 24.3 Å². The van der Waals surface area contributed by atoms with Crippen LogP contribution in [0.5, 0.6) is 5.88 Å². The first-order chi connectivity index (χ1) is 12.9. The minimum atomic E-state index is -0.669. The predicted molar refractivity (Wildman–Crippen MR) is 103 cm³/mol. The molecule has 27 heavy (non-hydrogen) atoms. The smallest absolute Gasteiger partial charge is 0.271 e. The lowest BCUT2D eigenvalue weighted by Gasteiger charge is -2.14. The highest BCUT2D eigenvalue weighted by Crippen LogP contribution is 2.24. The van der Waals surface area contributed by atoms with Gasteiger partial charge in [-0.25, -0.2) is 4.98 Å². The number of anilines is 2. The maximum Gasteiger partial charge on any atom is 0.271 e. The second-order valence-corrected chi connectivity index (χ2v) is 5.75. The summed E-state index contributed by atoms with van der Waals surface area (Å²) >= 11 is 0. The Kier molecular flexibility index (Phi) is 7.10. The van der Waals surface area contributed by atoms with E-state index in [1.165, 1.54) is 0 Å². The van der Waals surface area contributed by atoms with Crippen LogP contribution in [0.4, 0.5) is 11.5 Å². The van der Waals surface area contributed by atoms with Gasteiger partial charge in [-0.15, -0.1) is 0 Å². The number of rotatable bonds is 9. The van der Waals surface area contributed by atoms with E-state index in [0.29, 0.717) is 37.6 Å². The average molecular weight is 370 g/mol. The van der Waals surface area contributed by atoms with Gasteiger partial charge in [0.25, 0.3) is 5.91 Å². The van der Waals surface area contributed by atoms with Crippen molar-refractivity contribution < 1.29 is 14.3 Å². The molecule has 1 radical (unpaired) electrons. The van der Waals surface area contributed by atoms with E-state index in [1.807, 2.05) is 38.1 Å². The lowest BCUT2D eigenvalue weighted by atomic mass is 10.1. The molecule has 0 aliphatic rings. The normalized spacial score (nSPS) is 10.3. The van der Waals surface area contributed by atoms with Crippen LogP contribution in [0.25, 0.3) is 0 Å². The lowest BCUT2D eigenvalue weighted by molar-refractivity contribution is -0.116. The summed E-state index contributed by atoms with van der Waals surface area (Å²) in [5, 5.41) is 5.74. The number of carbonyl (C=O) groups is 2. The molecular weight excluding hydrogens is 346 g/mol. The van der Waals surface area contributed by atoms with E-state index in [0.717, 1.165) is 11.3 Å². The van der Waals surface area contributed by atoms with Crippen molar-refractivity contribution in [2.24, 2.45) is 5.73 Å². The molecule has 0 saturated carbocycles. The molecule has 2 aromatic rings. The van der Waals surface area contributed by atoms with Crippen LogP contribution in [0.2, 0.25) is 0 Å². The number of nitrogens with zero attached hydrogens (tertiary/aromatic N) is 2. The van der Waals surface area contributed by atoms with Crippen molar-refractivity contribution in [2.45, 2.75) is 26.7 Å². The highest BCUT2D eigenvalue weighted by atomic mass is 16.5. The quantitative estimate of drug-likeness (QED) is 0.619. The first-order valence-electron chi connectivity index (χ1n) is 8.73. The summed E-state index contributed by atoms with van der Waals surface area (Å²) in [5.74, 6) is -0.365. The SMILES string of the molecule is [CH2]C(=O)NCCc1cccc(Nc2nc(OCC)c(CC)nc2C(N)=O)c1. The Balaban J connectivity index is 2.28. The van der Waals surface area contributed by atoms with Crippen LogP contribution in [-0.2, 0) is 17.6 Å². The van der Waals surface area contributed by atoms with Crippen molar-refractivity contribution >= 4 is 23.3 Å². The number of benzene rings is 1. The molecule has 8 heteroatoms. The van der Waals surface area contributed by atoms with E-state index in [4.69, 9.17) is 10.5 Å². The van der Waals surface area contributed by atoms with Gasteiger partial charge in [0.05, 0.1) is 6.61 Å². The van der Waals surface area contributed by atoms with Gasteiger partial charge >= 0.3 is 0 Å². The highest BCUT2D eigenvalue weighted by molar-refractivity contribution is 5.96. The summed E-state index contributed by atoms with van der Waals surface area (Å²) in [5.41, 5.74) is 7.83. The topological polar surface area (TPSA) is 119 Å². The fourth-order valence-electron chi connectivity index (χ4n) is 2.48. The van der Waals surface area contributed by atoms with Gasteiger partial charge in [0.15, 0.2) is 11.5 Å². The number of hydrogen-bond donors (Lipinski definition) is 3. The number of nitrogens with two attached hydrogens (primary N) is 1. The number of carbonyl (C=O) groups excluding carboxylic acids is 2. The number of ether oxygens (including phenoxy) is 1. The molecule has 0 bridgehead atoms. The van der Waals surface area contributed by atoms with Gasteiger partial charge in [0.2, 0.25) is 11.8 Å². The molecule has 4 N–H and O–H groups in total. The van der Waals surface area contributed by atoms with E-state index < -0.39 is 5.91 Å². The molecule has 0 unspecified atom stereocenters. The van der Waals surface area contributed by atoms with Crippen LogP contribution < -0.4 is 21.1 Å². The summed E-state index contributed by atoms with van der Waals surface area (Å²) in [4.78, 5) is 31.4. The van der Waals surface area contributed by atoms with Crippen LogP contribution in [0.1, 0.15) is 35.6 Å². The number of aromatic nitrogens is 2. The molecule has 0 fully saturated rings. The predicted octanol–water partition coefficient (Wildman–Crippen LogP) is 1.77. The van der Waals surface area contributed by atoms with E-state index in [2.05, 4.69) is 27.5 Å². The second-order valence-electron chi connectivity index (χ2n) is 5.75. The lowest BCUT2D eigenvalue weighted by Crippen LogP contribution is -2.22. The van der Waals surface area contributed by atoms with Crippen molar-refractivity contribution in [2.75, 3.05) is 18.5 Å². The van der Waals surface area contributed by atoms with Gasteiger partial charge in [-0.05, 0) is 37.5 Å². The average Bonchev–Trinajstić information content (AvgIpc) is 2.62. The van der Waals surface area contributed by atoms with Gasteiger partial charge in [0, 0.05) is 19.2 Å². The summed E-state index contributed by atoms with van der Waals surface area (Å²) in [6.45, 7) is 7.95. The third-order valence-corrected chi connectivity index (χ3v) is 3.71. The Morgan fingerprint density at radius 1 is 1.26 bits per heavy atom. The standard InChI is InChI=1S/C19H24N5O3/c1-4-15-19(27-5-2)24-18(16(23-15)17(20)26)22-14-8-6-7-13(11-14)9-10-21-12(3)25/h6-8,11H,3-5,9-10H2,1-2H3,(H2,20,26)(H,21,25)(H,22,24). The van der Waals surface area contributed by atoms with Crippen molar-refractivity contribution in [1.29, 1.82) is 0 Å². The largest absolute Gasteiger partial charge is 0.477 e. The van der Waals surface area contributed by atoms with Gasteiger partial charge in [-0.3, -0.25) is 9.59 Å². The molecule has 2 amide bonds. The third kappa shape index (κ3) is 5.67. The number of primary amides is 1. The van der Waals surface area contributed by atoms with Crippen molar-refractivity contribution in [3.05, 3.63) is 48.1 Å². The van der Waals surface area contributed by atoms with Crippen molar-refractivity contribution in [1.82, 2.24) is 15.3 Å². The zero-order chi connectivity index (χ0) is 19.8. The Hall–Kier alpha value is -3.16. The monoisotopic (exact) mass is 370 g/mol. The summed E-state index contributed by atoms with van der Waals surface area (Å²) in [6.07, 6.45) is 1.21. The fourth-order valence-corrected chi connectivity index (χ4v) is 2.48. The molecule has 0 aliphatic heterocycles. The Bertz CT molecular complexity index is 823. The fraction of sp³-hybridized carbons (Fsp3) is 0.316. The van der Waals surface area contributed by atoms with Gasteiger partial charge in [-0.2, -0.15) is 4.98 Å². The highest BCUT2D eigenvalue weighted by Gasteiger charge is 2.18. The zero-order valence-electron chi connectivity index (χ0n) is 15.5. The number of hydrogen-bond acceptors (Lipinski definition) is 6. The van der Waals surface area contributed by atoms with E-state index in [9.17, 15) is 9.59 Å². The summed E-state index contributed by atoms with van der Waals surface area (Å²) < 4.78 is 5.53. The zero-order valence-corrected chi connectivity index (χ0v) is 15.5. The summed E-state index contributed by atoms with van der Waals surface area (Å²) in [7, 11) is 0. The van der Waals surface area contributed by atoms with Gasteiger partial charge in [-0.1, -0.05) is 19.1 Å². The maximum absolute atomic E-state index is 11.8. The third-order valence-electron chi connectivity index (χ3n) is 3.71. The van der Waals surface area contributed by atoms with E-state index in [1.54, 1.807) is 0 Å². The van der Waals surface area contributed by atoms with E-state index in [-0.39, 0.29) is 17.4 Å². The molecule has 0 spiro atoms. The molecule has 8 nitrogen and oxygen atoms in total. The minimum absolute atomic E-state index is 0.0602. The van der Waals surface area contributed by atoms with Crippen LogP contribution >= 0.6 is 0 Å².